The number of piperidine rings is 1. The van der Waals surface area contributed by atoms with Crippen LogP contribution in [-0.4, -0.2) is 25.5 Å². The van der Waals surface area contributed by atoms with Gasteiger partial charge in [0.15, 0.2) is 0 Å². The number of anilines is 1. The fourth-order valence-corrected chi connectivity index (χ4v) is 2.96. The van der Waals surface area contributed by atoms with Crippen molar-refractivity contribution in [2.45, 2.75) is 33.1 Å². The zero-order valence-corrected chi connectivity index (χ0v) is 12.0. The lowest BCUT2D eigenvalue weighted by molar-refractivity contribution is -0.130. The maximum atomic E-state index is 13.0. The van der Waals surface area contributed by atoms with Gasteiger partial charge >= 0.3 is 0 Å². The Morgan fingerprint density at radius 3 is 2.37 bits per heavy atom. The van der Waals surface area contributed by atoms with E-state index in [1.165, 1.54) is 0 Å². The Morgan fingerprint density at radius 2 is 1.84 bits per heavy atom. The summed E-state index contributed by atoms with van der Waals surface area (Å²) in [6, 6.07) is 10.0. The largest absolute Gasteiger partial charge is 0.317 e. The lowest BCUT2D eigenvalue weighted by Gasteiger charge is -2.39. The molecule has 1 saturated heterocycles. The molecule has 0 aromatic heterocycles. The van der Waals surface area contributed by atoms with Crippen LogP contribution < -0.4 is 10.2 Å². The number of hydrogen-bond donors (Lipinski definition) is 1. The molecule has 1 aliphatic heterocycles. The van der Waals surface area contributed by atoms with E-state index in [1.54, 1.807) is 0 Å². The number of benzene rings is 1. The number of rotatable bonds is 4. The molecule has 3 heteroatoms. The standard InChI is InChI=1S/C16H24N2O/c1-3-16(10-12-17-13-11-16)15(19)18(4-2)14-8-6-5-7-9-14/h5-9,17H,3-4,10-13H2,1-2H3. The number of nitrogens with one attached hydrogen (secondary N) is 1. The fraction of sp³-hybridized carbons (Fsp3) is 0.562. The SMILES string of the molecule is CCN(C(=O)C1(CC)CCNCC1)c1ccccc1. The van der Waals surface area contributed by atoms with Crippen molar-refractivity contribution < 1.29 is 4.79 Å². The van der Waals surface area contributed by atoms with Crippen molar-refractivity contribution in [3.05, 3.63) is 30.3 Å². The zero-order valence-electron chi connectivity index (χ0n) is 12.0. The molecule has 0 radical (unpaired) electrons. The predicted octanol–water partition coefficient (Wildman–Crippen LogP) is 2.82. The molecule has 104 valence electrons. The van der Waals surface area contributed by atoms with Gasteiger partial charge in [-0.2, -0.15) is 0 Å². The number of amides is 1. The molecular weight excluding hydrogens is 236 g/mol. The Hall–Kier alpha value is -1.35. The van der Waals surface area contributed by atoms with E-state index in [1.807, 2.05) is 35.2 Å². The minimum absolute atomic E-state index is 0.170. The molecule has 19 heavy (non-hydrogen) atoms. The average molecular weight is 260 g/mol. The summed E-state index contributed by atoms with van der Waals surface area (Å²) in [6.45, 7) is 6.83. The molecule has 0 atom stereocenters. The maximum absolute atomic E-state index is 13.0. The van der Waals surface area contributed by atoms with Gasteiger partial charge in [0.05, 0.1) is 5.41 Å². The molecule has 1 fully saturated rings. The van der Waals surface area contributed by atoms with Gasteiger partial charge in [-0.25, -0.2) is 0 Å². The van der Waals surface area contributed by atoms with Crippen molar-refractivity contribution in [1.29, 1.82) is 0 Å². The molecule has 0 aliphatic carbocycles. The first kappa shape index (κ1) is 14.1. The Kier molecular flexibility index (Phi) is 4.59. The van der Waals surface area contributed by atoms with E-state index < -0.39 is 0 Å². The van der Waals surface area contributed by atoms with Gasteiger partial charge in [-0.15, -0.1) is 0 Å². The van der Waals surface area contributed by atoms with Gasteiger partial charge in [0.25, 0.3) is 0 Å². The molecule has 0 bridgehead atoms. The summed E-state index contributed by atoms with van der Waals surface area (Å²) >= 11 is 0. The molecule has 2 rings (SSSR count). The van der Waals surface area contributed by atoms with Crippen LogP contribution in [0.1, 0.15) is 33.1 Å². The van der Waals surface area contributed by atoms with Crippen LogP contribution in [-0.2, 0) is 4.79 Å². The van der Waals surface area contributed by atoms with Crippen molar-refractivity contribution in [2.75, 3.05) is 24.5 Å². The van der Waals surface area contributed by atoms with E-state index in [0.717, 1.165) is 44.6 Å². The topological polar surface area (TPSA) is 32.3 Å². The normalized spacial score (nSPS) is 18.0. The molecule has 3 nitrogen and oxygen atoms in total. The third-order valence-corrected chi connectivity index (χ3v) is 4.32. The Morgan fingerprint density at radius 1 is 1.21 bits per heavy atom. The second-order valence-electron chi connectivity index (χ2n) is 5.27. The number of hydrogen-bond acceptors (Lipinski definition) is 2. The van der Waals surface area contributed by atoms with Gasteiger partial charge in [-0.05, 0) is 51.4 Å². The van der Waals surface area contributed by atoms with Crippen LogP contribution in [0, 0.1) is 5.41 Å². The van der Waals surface area contributed by atoms with E-state index in [9.17, 15) is 4.79 Å². The smallest absolute Gasteiger partial charge is 0.233 e. The molecule has 1 aliphatic rings. The van der Waals surface area contributed by atoms with Gasteiger partial charge in [-0.3, -0.25) is 4.79 Å². The van der Waals surface area contributed by atoms with Crippen LogP contribution in [0.4, 0.5) is 5.69 Å². The highest BCUT2D eigenvalue weighted by Gasteiger charge is 2.40. The first-order valence-corrected chi connectivity index (χ1v) is 7.31. The molecule has 0 saturated carbocycles. The second-order valence-corrected chi connectivity index (χ2v) is 5.27. The van der Waals surface area contributed by atoms with Crippen LogP contribution in [0.3, 0.4) is 0 Å². The number of para-hydroxylation sites is 1. The lowest BCUT2D eigenvalue weighted by atomic mass is 9.75. The van der Waals surface area contributed by atoms with E-state index >= 15 is 0 Å². The quantitative estimate of drug-likeness (QED) is 0.903. The van der Waals surface area contributed by atoms with Crippen LogP contribution in [0.2, 0.25) is 0 Å². The fourth-order valence-electron chi connectivity index (χ4n) is 2.96. The van der Waals surface area contributed by atoms with Gasteiger partial charge in [0.1, 0.15) is 0 Å². The van der Waals surface area contributed by atoms with E-state index in [0.29, 0.717) is 5.91 Å². The number of carbonyl (C=O) groups excluding carboxylic acids is 1. The summed E-state index contributed by atoms with van der Waals surface area (Å²) in [6.07, 6.45) is 2.83. The molecule has 0 spiro atoms. The summed E-state index contributed by atoms with van der Waals surface area (Å²) in [5.41, 5.74) is 0.846. The Labute approximate surface area is 116 Å². The monoisotopic (exact) mass is 260 g/mol. The van der Waals surface area contributed by atoms with Crippen LogP contribution >= 0.6 is 0 Å². The summed E-state index contributed by atoms with van der Waals surface area (Å²) in [5.74, 6) is 0.296. The molecule has 1 aromatic rings. The summed E-state index contributed by atoms with van der Waals surface area (Å²) in [5, 5.41) is 3.35. The van der Waals surface area contributed by atoms with Crippen molar-refractivity contribution >= 4 is 11.6 Å². The van der Waals surface area contributed by atoms with Crippen LogP contribution in [0.25, 0.3) is 0 Å². The van der Waals surface area contributed by atoms with E-state index in [4.69, 9.17) is 0 Å². The third kappa shape index (κ3) is 2.81. The summed E-state index contributed by atoms with van der Waals surface area (Å²) < 4.78 is 0. The minimum Gasteiger partial charge on any atom is -0.317 e. The van der Waals surface area contributed by atoms with Crippen molar-refractivity contribution in [3.8, 4) is 0 Å². The van der Waals surface area contributed by atoms with Crippen molar-refractivity contribution in [1.82, 2.24) is 5.32 Å². The molecule has 1 N–H and O–H groups in total. The van der Waals surface area contributed by atoms with Crippen LogP contribution in [0.15, 0.2) is 30.3 Å². The minimum atomic E-state index is -0.170. The number of carbonyl (C=O) groups is 1. The van der Waals surface area contributed by atoms with Crippen molar-refractivity contribution in [2.24, 2.45) is 5.41 Å². The molecule has 1 amide bonds. The predicted molar refractivity (Wildman–Crippen MR) is 79.3 cm³/mol. The highest BCUT2D eigenvalue weighted by Crippen LogP contribution is 2.36. The average Bonchev–Trinajstić information content (AvgIpc) is 2.49. The van der Waals surface area contributed by atoms with Gasteiger partial charge in [-0.1, -0.05) is 25.1 Å². The van der Waals surface area contributed by atoms with Gasteiger partial charge in [0.2, 0.25) is 5.91 Å². The van der Waals surface area contributed by atoms with Gasteiger partial charge < -0.3 is 10.2 Å². The second kappa shape index (κ2) is 6.20. The first-order valence-electron chi connectivity index (χ1n) is 7.31. The zero-order chi connectivity index (χ0) is 13.7. The maximum Gasteiger partial charge on any atom is 0.233 e. The lowest BCUT2D eigenvalue weighted by Crippen LogP contribution is -2.49. The Balaban J connectivity index is 2.24. The van der Waals surface area contributed by atoms with E-state index in [-0.39, 0.29) is 5.41 Å². The molecule has 1 heterocycles. The van der Waals surface area contributed by atoms with Crippen LogP contribution in [0.5, 0.6) is 0 Å². The third-order valence-electron chi connectivity index (χ3n) is 4.32. The van der Waals surface area contributed by atoms with Crippen molar-refractivity contribution in [3.63, 3.8) is 0 Å². The molecule has 1 aromatic carbocycles. The molecule has 0 unspecified atom stereocenters. The summed E-state index contributed by atoms with van der Waals surface area (Å²) in [4.78, 5) is 14.9. The summed E-state index contributed by atoms with van der Waals surface area (Å²) in [7, 11) is 0. The highest BCUT2D eigenvalue weighted by molar-refractivity contribution is 5.97. The van der Waals surface area contributed by atoms with E-state index in [2.05, 4.69) is 19.2 Å². The Bertz CT molecular complexity index is 410. The molecular formula is C16H24N2O. The van der Waals surface area contributed by atoms with Gasteiger partial charge in [0, 0.05) is 12.2 Å². The highest BCUT2D eigenvalue weighted by atomic mass is 16.2. The number of nitrogens with zero attached hydrogens (tertiary/aromatic N) is 1. The first-order chi connectivity index (χ1) is 9.23.